The number of hydrogen-bond acceptors (Lipinski definition) is 1. The van der Waals surface area contributed by atoms with Gasteiger partial charge in [-0.15, -0.1) is 0 Å². The van der Waals surface area contributed by atoms with E-state index in [2.05, 4.69) is 113 Å². The number of benzene rings is 4. The van der Waals surface area contributed by atoms with E-state index in [0.717, 1.165) is 11.9 Å². The summed E-state index contributed by atoms with van der Waals surface area (Å²) in [5.41, 5.74) is 7.98. The van der Waals surface area contributed by atoms with E-state index >= 15 is 0 Å². The number of fused-ring (bicyclic) bond motifs is 7. The molecule has 7 aromatic rings. The maximum absolute atomic E-state index is 5.05. The summed E-state index contributed by atoms with van der Waals surface area (Å²) >= 11 is 0. The highest BCUT2D eigenvalue weighted by atomic mass is 14.9. The van der Waals surface area contributed by atoms with E-state index in [0.29, 0.717) is 0 Å². The van der Waals surface area contributed by atoms with Crippen LogP contribution in [0.15, 0.2) is 72.9 Å². The summed E-state index contributed by atoms with van der Waals surface area (Å²) in [6.45, 7) is 14.0. The largest absolute Gasteiger partial charge is 0.308 e. The van der Waals surface area contributed by atoms with Crippen molar-refractivity contribution in [2.75, 3.05) is 0 Å². The van der Waals surface area contributed by atoms with E-state index in [-0.39, 0.29) is 10.8 Å². The summed E-state index contributed by atoms with van der Waals surface area (Å²) in [6, 6.07) is 24.8. The van der Waals surface area contributed by atoms with Gasteiger partial charge in [-0.05, 0) is 62.7 Å². The number of para-hydroxylation sites is 1. The van der Waals surface area contributed by atoms with Crippen molar-refractivity contribution in [1.82, 2.24) is 9.38 Å². The minimum absolute atomic E-state index is 0.0446. The molecule has 0 saturated carbocycles. The molecule has 36 heavy (non-hydrogen) atoms. The van der Waals surface area contributed by atoms with Gasteiger partial charge in [-0.3, -0.25) is 4.98 Å². The van der Waals surface area contributed by atoms with E-state index in [1.807, 2.05) is 6.20 Å². The molecule has 4 aromatic carbocycles. The topological polar surface area (TPSA) is 17.3 Å². The maximum Gasteiger partial charge on any atom is 0.0823 e. The molecule has 178 valence electrons. The van der Waals surface area contributed by atoms with E-state index in [9.17, 15) is 0 Å². The first-order chi connectivity index (χ1) is 17.1. The molecule has 0 N–H and O–H groups in total. The first-order valence-electron chi connectivity index (χ1n) is 13.0. The van der Waals surface area contributed by atoms with Crippen LogP contribution in [0, 0.1) is 5.41 Å². The van der Waals surface area contributed by atoms with E-state index in [1.54, 1.807) is 0 Å². The number of rotatable bonds is 1. The second-order valence-corrected chi connectivity index (χ2v) is 12.7. The zero-order valence-electron chi connectivity index (χ0n) is 22.0. The van der Waals surface area contributed by atoms with Crippen LogP contribution in [0.2, 0.25) is 0 Å². The molecule has 0 amide bonds. The standard InChI is InChI=1S/C34H32N2/c1-33(2,3)19-22-17-21-15-16-35-30-25-18-20-11-7-8-12-23(20)29(34(4,5)6)31(25)36-26-14-10-9-13-24(26)27(22)32(36)28(21)30/h7-18H,19H2,1-6H3. The van der Waals surface area contributed by atoms with Gasteiger partial charge in [-0.25, -0.2) is 0 Å². The zero-order valence-corrected chi connectivity index (χ0v) is 22.0. The molecule has 0 atom stereocenters. The second-order valence-electron chi connectivity index (χ2n) is 12.7. The molecule has 3 aromatic heterocycles. The predicted molar refractivity (Wildman–Crippen MR) is 156 cm³/mol. The summed E-state index contributed by atoms with van der Waals surface area (Å²) < 4.78 is 2.58. The van der Waals surface area contributed by atoms with Crippen LogP contribution >= 0.6 is 0 Å². The molecule has 0 aliphatic heterocycles. The van der Waals surface area contributed by atoms with Crippen molar-refractivity contribution < 1.29 is 0 Å². The third kappa shape index (κ3) is 2.88. The van der Waals surface area contributed by atoms with E-state index < -0.39 is 0 Å². The minimum Gasteiger partial charge on any atom is -0.308 e. The van der Waals surface area contributed by atoms with Crippen LogP contribution in [0.5, 0.6) is 0 Å². The van der Waals surface area contributed by atoms with Gasteiger partial charge < -0.3 is 4.40 Å². The molecule has 0 aliphatic carbocycles. The van der Waals surface area contributed by atoms with Crippen molar-refractivity contribution in [3.8, 4) is 0 Å². The molecule has 0 aliphatic rings. The Morgan fingerprint density at radius 1 is 0.694 bits per heavy atom. The smallest absolute Gasteiger partial charge is 0.0823 e. The highest BCUT2D eigenvalue weighted by Gasteiger charge is 2.28. The van der Waals surface area contributed by atoms with Crippen LogP contribution in [0.1, 0.15) is 52.7 Å². The molecule has 0 unspecified atom stereocenters. The highest BCUT2D eigenvalue weighted by Crippen LogP contribution is 2.47. The zero-order chi connectivity index (χ0) is 25.0. The van der Waals surface area contributed by atoms with Gasteiger partial charge in [0.25, 0.3) is 0 Å². The van der Waals surface area contributed by atoms with Gasteiger partial charge in [-0.2, -0.15) is 0 Å². The van der Waals surface area contributed by atoms with Crippen LogP contribution in [0.25, 0.3) is 59.8 Å². The Bertz CT molecular complexity index is 1970. The molecule has 7 rings (SSSR count). The second kappa shape index (κ2) is 6.97. The lowest BCUT2D eigenvalue weighted by atomic mass is 9.81. The quantitative estimate of drug-likeness (QED) is 0.173. The molecule has 0 radical (unpaired) electrons. The van der Waals surface area contributed by atoms with Crippen molar-refractivity contribution >= 4 is 59.8 Å². The summed E-state index contributed by atoms with van der Waals surface area (Å²) in [6.07, 6.45) is 3.03. The van der Waals surface area contributed by atoms with Gasteiger partial charge in [0.15, 0.2) is 0 Å². The van der Waals surface area contributed by atoms with Gasteiger partial charge in [-0.1, -0.05) is 90.1 Å². The van der Waals surface area contributed by atoms with Gasteiger partial charge in [0.05, 0.1) is 22.1 Å². The Kier molecular flexibility index (Phi) is 4.19. The van der Waals surface area contributed by atoms with Crippen LogP contribution in [0.4, 0.5) is 0 Å². The van der Waals surface area contributed by atoms with Gasteiger partial charge >= 0.3 is 0 Å². The summed E-state index contributed by atoms with van der Waals surface area (Å²) in [4.78, 5) is 5.05. The molecule has 0 bridgehead atoms. The monoisotopic (exact) mass is 468 g/mol. The van der Waals surface area contributed by atoms with Crippen molar-refractivity contribution in [1.29, 1.82) is 0 Å². The summed E-state index contributed by atoms with van der Waals surface area (Å²) in [7, 11) is 0. The fraction of sp³-hybridized carbons (Fsp3) is 0.265. The fourth-order valence-electron chi connectivity index (χ4n) is 6.56. The number of nitrogens with zero attached hydrogens (tertiary/aromatic N) is 2. The first kappa shape index (κ1) is 21.6. The Labute approximate surface area is 211 Å². The number of pyridine rings is 2. The van der Waals surface area contributed by atoms with Gasteiger partial charge in [0.2, 0.25) is 0 Å². The normalized spacial score (nSPS) is 13.4. The van der Waals surface area contributed by atoms with Crippen molar-refractivity contribution in [2.45, 2.75) is 53.4 Å². The lowest BCUT2D eigenvalue weighted by Gasteiger charge is -2.26. The van der Waals surface area contributed by atoms with Crippen LogP contribution in [0.3, 0.4) is 0 Å². The fourth-order valence-corrected chi connectivity index (χ4v) is 6.56. The number of hydrogen-bond donors (Lipinski definition) is 0. The summed E-state index contributed by atoms with van der Waals surface area (Å²) in [5, 5.41) is 9.14. The highest BCUT2D eigenvalue weighted by molar-refractivity contribution is 6.29. The maximum atomic E-state index is 5.05. The van der Waals surface area contributed by atoms with Gasteiger partial charge in [0, 0.05) is 27.7 Å². The molecule has 2 nitrogen and oxygen atoms in total. The van der Waals surface area contributed by atoms with Crippen LogP contribution in [-0.2, 0) is 11.8 Å². The van der Waals surface area contributed by atoms with E-state index in [4.69, 9.17) is 4.98 Å². The molecule has 3 heterocycles. The SMILES string of the molecule is CC(C)(C)Cc1cc2ccnc3c4cc5ccccc5c(C(C)(C)C)c4n4c5ccccc5c1c4c23. The summed E-state index contributed by atoms with van der Waals surface area (Å²) in [5.74, 6) is 0. The Morgan fingerprint density at radius 3 is 2.17 bits per heavy atom. The molecular formula is C34H32N2. The van der Waals surface area contributed by atoms with Crippen LogP contribution in [-0.4, -0.2) is 9.38 Å². The van der Waals surface area contributed by atoms with Crippen LogP contribution < -0.4 is 0 Å². The average Bonchev–Trinajstić information content (AvgIpc) is 3.17. The Hall–Kier alpha value is -3.65. The van der Waals surface area contributed by atoms with E-state index in [1.165, 1.54) is 65.4 Å². The Morgan fingerprint density at radius 2 is 1.42 bits per heavy atom. The molecule has 0 spiro atoms. The number of aromatic nitrogens is 2. The Balaban J connectivity index is 1.89. The molecule has 0 saturated heterocycles. The van der Waals surface area contributed by atoms with Gasteiger partial charge in [0.1, 0.15) is 0 Å². The van der Waals surface area contributed by atoms with Crippen molar-refractivity contribution in [2.24, 2.45) is 5.41 Å². The minimum atomic E-state index is -0.0446. The lowest BCUT2D eigenvalue weighted by Crippen LogP contribution is -2.14. The average molecular weight is 469 g/mol. The third-order valence-corrected chi connectivity index (χ3v) is 7.72. The van der Waals surface area contributed by atoms with Crippen molar-refractivity contribution in [3.05, 3.63) is 84.1 Å². The molecule has 0 fully saturated rings. The third-order valence-electron chi connectivity index (χ3n) is 7.72. The first-order valence-corrected chi connectivity index (χ1v) is 13.0. The lowest BCUT2D eigenvalue weighted by molar-refractivity contribution is 0.413. The predicted octanol–water partition coefficient (Wildman–Crippen LogP) is 9.42. The molecular weight excluding hydrogens is 436 g/mol. The molecule has 2 heteroatoms. The van der Waals surface area contributed by atoms with Crippen molar-refractivity contribution in [3.63, 3.8) is 0 Å².